The van der Waals surface area contributed by atoms with E-state index in [0.717, 1.165) is 5.56 Å². The van der Waals surface area contributed by atoms with Crippen molar-refractivity contribution in [1.29, 1.82) is 0 Å². The molecule has 0 saturated heterocycles. The van der Waals surface area contributed by atoms with E-state index in [1.807, 2.05) is 25.1 Å². The summed E-state index contributed by atoms with van der Waals surface area (Å²) in [6.07, 6.45) is -0.0544. The van der Waals surface area contributed by atoms with E-state index in [-0.39, 0.29) is 17.2 Å². The second-order valence-corrected chi connectivity index (χ2v) is 8.59. The van der Waals surface area contributed by atoms with Crippen LogP contribution in [0.5, 0.6) is 5.75 Å². The standard InChI is InChI=1S/C23H24N2O4S/c1-17-8-14-21(15-9-17)30(27,28)25-22(18-6-4-3-5-7-18)16-23(26)24-19-10-12-20(29-2)13-11-19/h3-15,22,25H,16H2,1-2H3,(H,24,26)/t22-/m1/s1. The van der Waals surface area contributed by atoms with Gasteiger partial charge in [-0.15, -0.1) is 0 Å². The van der Waals surface area contributed by atoms with Gasteiger partial charge in [-0.3, -0.25) is 4.79 Å². The molecule has 0 bridgehead atoms. The topological polar surface area (TPSA) is 84.5 Å². The molecule has 0 saturated carbocycles. The van der Waals surface area contributed by atoms with Gasteiger partial charge in [0.15, 0.2) is 0 Å². The summed E-state index contributed by atoms with van der Waals surface area (Å²) < 4.78 is 33.5. The van der Waals surface area contributed by atoms with Crippen LogP contribution in [-0.4, -0.2) is 21.4 Å². The molecule has 3 rings (SSSR count). The highest BCUT2D eigenvalue weighted by molar-refractivity contribution is 7.89. The predicted molar refractivity (Wildman–Crippen MR) is 117 cm³/mol. The third kappa shape index (κ3) is 5.68. The van der Waals surface area contributed by atoms with Gasteiger partial charge in [-0.25, -0.2) is 13.1 Å². The van der Waals surface area contributed by atoms with Crippen LogP contribution >= 0.6 is 0 Å². The summed E-state index contributed by atoms with van der Waals surface area (Å²) in [6.45, 7) is 1.89. The Morgan fingerprint density at radius 1 is 0.933 bits per heavy atom. The Balaban J connectivity index is 1.78. The van der Waals surface area contributed by atoms with Crippen molar-refractivity contribution in [2.24, 2.45) is 0 Å². The maximum absolute atomic E-state index is 12.9. The Kier molecular flexibility index (Phi) is 6.87. The number of carbonyl (C=O) groups excluding carboxylic acids is 1. The number of ether oxygens (including phenoxy) is 1. The van der Waals surface area contributed by atoms with Gasteiger partial charge in [0.05, 0.1) is 18.0 Å². The summed E-state index contributed by atoms with van der Waals surface area (Å²) in [7, 11) is -2.23. The van der Waals surface area contributed by atoms with E-state index in [9.17, 15) is 13.2 Å². The Morgan fingerprint density at radius 2 is 1.57 bits per heavy atom. The van der Waals surface area contributed by atoms with Crippen LogP contribution in [0.15, 0.2) is 83.8 Å². The van der Waals surface area contributed by atoms with Crippen molar-refractivity contribution < 1.29 is 17.9 Å². The zero-order valence-electron chi connectivity index (χ0n) is 16.8. The van der Waals surface area contributed by atoms with Crippen molar-refractivity contribution in [3.8, 4) is 5.75 Å². The normalized spacial score (nSPS) is 12.2. The molecule has 0 radical (unpaired) electrons. The SMILES string of the molecule is COc1ccc(NC(=O)C[C@@H](NS(=O)(=O)c2ccc(C)cc2)c2ccccc2)cc1. The smallest absolute Gasteiger partial charge is 0.241 e. The number of aryl methyl sites for hydroxylation is 1. The van der Waals surface area contributed by atoms with E-state index < -0.39 is 16.1 Å². The number of benzene rings is 3. The Hall–Kier alpha value is -3.16. The largest absolute Gasteiger partial charge is 0.497 e. The molecule has 0 aliphatic rings. The third-order valence-electron chi connectivity index (χ3n) is 4.59. The van der Waals surface area contributed by atoms with Crippen molar-refractivity contribution in [2.75, 3.05) is 12.4 Å². The number of hydrogen-bond donors (Lipinski definition) is 2. The fourth-order valence-electron chi connectivity index (χ4n) is 2.96. The minimum Gasteiger partial charge on any atom is -0.497 e. The second kappa shape index (κ2) is 9.56. The molecule has 3 aromatic rings. The molecule has 1 atom stereocenters. The first-order valence-electron chi connectivity index (χ1n) is 9.45. The number of rotatable bonds is 8. The maximum Gasteiger partial charge on any atom is 0.241 e. The van der Waals surface area contributed by atoms with E-state index in [1.165, 1.54) is 0 Å². The number of methoxy groups -OCH3 is 1. The van der Waals surface area contributed by atoms with Crippen molar-refractivity contribution in [2.45, 2.75) is 24.3 Å². The Bertz CT molecular complexity index is 1080. The van der Waals surface area contributed by atoms with Crippen LogP contribution in [-0.2, 0) is 14.8 Å². The van der Waals surface area contributed by atoms with Gasteiger partial charge < -0.3 is 10.1 Å². The first kappa shape index (κ1) is 21.5. The van der Waals surface area contributed by atoms with Gasteiger partial charge in [0.1, 0.15) is 5.75 Å². The number of amides is 1. The predicted octanol–water partition coefficient (Wildman–Crippen LogP) is 4.05. The molecule has 0 unspecified atom stereocenters. The lowest BCUT2D eigenvalue weighted by Gasteiger charge is -2.19. The lowest BCUT2D eigenvalue weighted by Crippen LogP contribution is -2.31. The maximum atomic E-state index is 12.9. The average Bonchev–Trinajstić information content (AvgIpc) is 2.74. The molecule has 156 valence electrons. The van der Waals surface area contributed by atoms with Gasteiger partial charge >= 0.3 is 0 Å². The van der Waals surface area contributed by atoms with Crippen LogP contribution < -0.4 is 14.8 Å². The highest BCUT2D eigenvalue weighted by atomic mass is 32.2. The molecule has 0 heterocycles. The number of hydrogen-bond acceptors (Lipinski definition) is 4. The van der Waals surface area contributed by atoms with Crippen molar-refractivity contribution in [1.82, 2.24) is 4.72 Å². The van der Waals surface area contributed by atoms with Crippen LogP contribution in [0.25, 0.3) is 0 Å². The summed E-state index contributed by atoms with van der Waals surface area (Å²) >= 11 is 0. The molecule has 0 aromatic heterocycles. The lowest BCUT2D eigenvalue weighted by molar-refractivity contribution is -0.116. The van der Waals surface area contributed by atoms with E-state index in [1.54, 1.807) is 67.8 Å². The molecule has 1 amide bonds. The Labute approximate surface area is 177 Å². The van der Waals surface area contributed by atoms with Gasteiger partial charge in [0, 0.05) is 12.1 Å². The molecule has 6 nitrogen and oxygen atoms in total. The summed E-state index contributed by atoms with van der Waals surface area (Å²) in [4.78, 5) is 12.8. The molecule has 0 aliphatic heterocycles. The molecule has 0 fully saturated rings. The quantitative estimate of drug-likeness (QED) is 0.571. The number of anilines is 1. The van der Waals surface area contributed by atoms with Crippen LogP contribution in [0.4, 0.5) is 5.69 Å². The molecular formula is C23H24N2O4S. The summed E-state index contributed by atoms with van der Waals surface area (Å²) in [5, 5.41) is 2.80. The van der Waals surface area contributed by atoms with Gasteiger partial charge in [-0.1, -0.05) is 48.0 Å². The molecule has 2 N–H and O–H groups in total. The van der Waals surface area contributed by atoms with Gasteiger partial charge in [-0.2, -0.15) is 0 Å². The van der Waals surface area contributed by atoms with E-state index in [4.69, 9.17) is 4.74 Å². The van der Waals surface area contributed by atoms with E-state index in [2.05, 4.69) is 10.0 Å². The summed E-state index contributed by atoms with van der Waals surface area (Å²) in [6, 6.07) is 21.9. The first-order chi connectivity index (χ1) is 14.4. The molecule has 0 spiro atoms. The number of nitrogens with one attached hydrogen (secondary N) is 2. The molecule has 7 heteroatoms. The molecule has 3 aromatic carbocycles. The molecule has 30 heavy (non-hydrogen) atoms. The number of sulfonamides is 1. The van der Waals surface area contributed by atoms with Gasteiger partial charge in [0.2, 0.25) is 15.9 Å². The van der Waals surface area contributed by atoms with Crippen molar-refractivity contribution in [3.63, 3.8) is 0 Å². The Morgan fingerprint density at radius 3 is 2.17 bits per heavy atom. The molecule has 0 aliphatic carbocycles. The monoisotopic (exact) mass is 424 g/mol. The summed E-state index contributed by atoms with van der Waals surface area (Å²) in [5.74, 6) is 0.377. The lowest BCUT2D eigenvalue weighted by atomic mass is 10.0. The minimum atomic E-state index is -3.80. The fourth-order valence-corrected chi connectivity index (χ4v) is 4.18. The van der Waals surface area contributed by atoms with Crippen LogP contribution in [0.3, 0.4) is 0 Å². The van der Waals surface area contributed by atoms with E-state index in [0.29, 0.717) is 17.0 Å². The van der Waals surface area contributed by atoms with E-state index >= 15 is 0 Å². The fraction of sp³-hybridized carbons (Fsp3) is 0.174. The van der Waals surface area contributed by atoms with Gasteiger partial charge in [0.25, 0.3) is 0 Å². The summed E-state index contributed by atoms with van der Waals surface area (Å²) in [5.41, 5.74) is 2.28. The molecular weight excluding hydrogens is 400 g/mol. The zero-order valence-corrected chi connectivity index (χ0v) is 17.6. The van der Waals surface area contributed by atoms with Gasteiger partial charge in [-0.05, 0) is 48.9 Å². The highest BCUT2D eigenvalue weighted by Gasteiger charge is 2.23. The minimum absolute atomic E-state index is 0.0544. The zero-order chi connectivity index (χ0) is 21.6. The number of carbonyl (C=O) groups is 1. The van der Waals surface area contributed by atoms with Crippen LogP contribution in [0.2, 0.25) is 0 Å². The highest BCUT2D eigenvalue weighted by Crippen LogP contribution is 2.22. The third-order valence-corrected chi connectivity index (χ3v) is 6.08. The average molecular weight is 425 g/mol. The van der Waals surface area contributed by atoms with Crippen molar-refractivity contribution in [3.05, 3.63) is 90.0 Å². The van der Waals surface area contributed by atoms with Crippen molar-refractivity contribution >= 4 is 21.6 Å². The van der Waals surface area contributed by atoms with Crippen LogP contribution in [0.1, 0.15) is 23.6 Å². The second-order valence-electron chi connectivity index (χ2n) is 6.88. The first-order valence-corrected chi connectivity index (χ1v) is 10.9. The van der Waals surface area contributed by atoms with Crippen LogP contribution in [0, 0.1) is 6.92 Å².